The average molecular weight is 313 g/mol. The standard InChI is InChI=1S/C16H25ClN2O2/c1-2-18-16(13-4-3-5-14(17)10-13)6-7-19-8-9-21-12-15(19)11-20/h3-5,10,15-16,18,20H,2,6-9,11-12H2,1H3. The summed E-state index contributed by atoms with van der Waals surface area (Å²) in [6, 6.07) is 8.45. The van der Waals surface area contributed by atoms with Crippen molar-refractivity contribution in [1.82, 2.24) is 10.2 Å². The number of aliphatic hydroxyl groups excluding tert-OH is 1. The van der Waals surface area contributed by atoms with Gasteiger partial charge in [0.2, 0.25) is 0 Å². The van der Waals surface area contributed by atoms with Crippen LogP contribution in [0.4, 0.5) is 0 Å². The molecule has 0 saturated carbocycles. The van der Waals surface area contributed by atoms with Gasteiger partial charge in [-0.25, -0.2) is 0 Å². The summed E-state index contributed by atoms with van der Waals surface area (Å²) in [6.45, 7) is 6.40. The molecule has 1 aromatic rings. The van der Waals surface area contributed by atoms with E-state index in [1.807, 2.05) is 18.2 Å². The van der Waals surface area contributed by atoms with Gasteiger partial charge in [-0.15, -0.1) is 0 Å². The normalized spacial score (nSPS) is 21.4. The van der Waals surface area contributed by atoms with E-state index in [1.165, 1.54) is 5.56 Å². The molecule has 0 amide bonds. The first-order chi connectivity index (χ1) is 10.2. The summed E-state index contributed by atoms with van der Waals surface area (Å²) in [4.78, 5) is 2.32. The Morgan fingerprint density at radius 2 is 2.38 bits per heavy atom. The summed E-state index contributed by atoms with van der Waals surface area (Å²) in [5.41, 5.74) is 1.22. The third-order valence-corrected chi connectivity index (χ3v) is 4.20. The van der Waals surface area contributed by atoms with Gasteiger partial charge >= 0.3 is 0 Å². The number of halogens is 1. The van der Waals surface area contributed by atoms with Crippen molar-refractivity contribution in [1.29, 1.82) is 0 Å². The predicted octanol–water partition coefficient (Wildman–Crippen LogP) is 2.07. The second-order valence-corrected chi connectivity index (χ2v) is 5.84. The number of benzene rings is 1. The first-order valence-corrected chi connectivity index (χ1v) is 8.04. The Kier molecular flexibility index (Phi) is 6.93. The lowest BCUT2D eigenvalue weighted by Crippen LogP contribution is -2.48. The first-order valence-electron chi connectivity index (χ1n) is 7.66. The van der Waals surface area contributed by atoms with Crippen molar-refractivity contribution >= 4 is 11.6 Å². The Morgan fingerprint density at radius 1 is 1.52 bits per heavy atom. The monoisotopic (exact) mass is 312 g/mol. The summed E-state index contributed by atoms with van der Waals surface area (Å²) >= 11 is 6.10. The van der Waals surface area contributed by atoms with Gasteiger partial charge in [-0.1, -0.05) is 30.7 Å². The fourth-order valence-electron chi connectivity index (χ4n) is 2.80. The van der Waals surface area contributed by atoms with Crippen molar-refractivity contribution in [3.63, 3.8) is 0 Å². The molecule has 0 radical (unpaired) electrons. The topological polar surface area (TPSA) is 44.7 Å². The summed E-state index contributed by atoms with van der Waals surface area (Å²) in [6.07, 6.45) is 0.991. The molecule has 1 saturated heterocycles. The van der Waals surface area contributed by atoms with Gasteiger partial charge in [0.05, 0.1) is 25.9 Å². The van der Waals surface area contributed by atoms with Crippen LogP contribution in [0.2, 0.25) is 5.02 Å². The minimum Gasteiger partial charge on any atom is -0.395 e. The number of nitrogens with zero attached hydrogens (tertiary/aromatic N) is 1. The molecule has 5 heteroatoms. The molecule has 1 fully saturated rings. The van der Waals surface area contributed by atoms with E-state index in [4.69, 9.17) is 16.3 Å². The lowest BCUT2D eigenvalue weighted by molar-refractivity contribution is -0.0286. The molecule has 2 unspecified atom stereocenters. The Morgan fingerprint density at radius 3 is 3.10 bits per heavy atom. The molecular formula is C16H25ClN2O2. The number of aliphatic hydroxyl groups is 1. The average Bonchev–Trinajstić information content (AvgIpc) is 2.51. The maximum Gasteiger partial charge on any atom is 0.0644 e. The van der Waals surface area contributed by atoms with Crippen LogP contribution >= 0.6 is 11.6 Å². The van der Waals surface area contributed by atoms with E-state index in [-0.39, 0.29) is 18.7 Å². The summed E-state index contributed by atoms with van der Waals surface area (Å²) in [5.74, 6) is 0. The molecule has 0 spiro atoms. The van der Waals surface area contributed by atoms with Crippen LogP contribution in [0, 0.1) is 0 Å². The molecule has 0 bridgehead atoms. The number of rotatable bonds is 7. The molecule has 2 N–H and O–H groups in total. The van der Waals surface area contributed by atoms with E-state index >= 15 is 0 Å². The van der Waals surface area contributed by atoms with Gasteiger partial charge in [-0.3, -0.25) is 4.90 Å². The highest BCUT2D eigenvalue weighted by molar-refractivity contribution is 6.30. The van der Waals surface area contributed by atoms with Crippen LogP contribution < -0.4 is 5.32 Å². The quantitative estimate of drug-likeness (QED) is 0.809. The molecular weight excluding hydrogens is 288 g/mol. The fourth-order valence-corrected chi connectivity index (χ4v) is 3.00. The van der Waals surface area contributed by atoms with Crippen LogP contribution in [-0.2, 0) is 4.74 Å². The number of hydrogen-bond donors (Lipinski definition) is 2. The van der Waals surface area contributed by atoms with E-state index < -0.39 is 0 Å². The molecule has 1 aromatic carbocycles. The van der Waals surface area contributed by atoms with E-state index in [1.54, 1.807) is 0 Å². The van der Waals surface area contributed by atoms with Crippen LogP contribution in [0.15, 0.2) is 24.3 Å². The highest BCUT2D eigenvalue weighted by Crippen LogP contribution is 2.21. The van der Waals surface area contributed by atoms with Crippen LogP contribution in [-0.4, -0.2) is 55.5 Å². The largest absolute Gasteiger partial charge is 0.395 e. The van der Waals surface area contributed by atoms with E-state index in [9.17, 15) is 5.11 Å². The van der Waals surface area contributed by atoms with Crippen molar-refractivity contribution in [2.75, 3.05) is 39.5 Å². The molecule has 0 aliphatic carbocycles. The van der Waals surface area contributed by atoms with E-state index in [0.29, 0.717) is 6.61 Å². The van der Waals surface area contributed by atoms with Crippen molar-refractivity contribution < 1.29 is 9.84 Å². The van der Waals surface area contributed by atoms with E-state index in [0.717, 1.165) is 37.7 Å². The fraction of sp³-hybridized carbons (Fsp3) is 0.625. The molecule has 1 aliphatic rings. The number of ether oxygens (including phenoxy) is 1. The maximum absolute atomic E-state index is 9.43. The Hall–Kier alpha value is -0.650. The minimum absolute atomic E-state index is 0.125. The Labute approximate surface area is 132 Å². The third-order valence-electron chi connectivity index (χ3n) is 3.97. The van der Waals surface area contributed by atoms with Gasteiger partial charge in [0, 0.05) is 24.2 Å². The predicted molar refractivity (Wildman–Crippen MR) is 85.8 cm³/mol. The van der Waals surface area contributed by atoms with Gasteiger partial charge in [0.25, 0.3) is 0 Å². The molecule has 2 rings (SSSR count). The van der Waals surface area contributed by atoms with Crippen LogP contribution in [0.1, 0.15) is 24.9 Å². The lowest BCUT2D eigenvalue weighted by Gasteiger charge is -2.35. The third kappa shape index (κ3) is 4.94. The number of morpholine rings is 1. The Balaban J connectivity index is 1.96. The van der Waals surface area contributed by atoms with Crippen LogP contribution in [0.3, 0.4) is 0 Å². The van der Waals surface area contributed by atoms with E-state index in [2.05, 4.69) is 23.2 Å². The zero-order valence-corrected chi connectivity index (χ0v) is 13.4. The molecule has 118 valence electrons. The second-order valence-electron chi connectivity index (χ2n) is 5.40. The SMILES string of the molecule is CCNC(CCN1CCOCC1CO)c1cccc(Cl)c1. The smallest absolute Gasteiger partial charge is 0.0644 e. The van der Waals surface area contributed by atoms with Crippen molar-refractivity contribution in [3.8, 4) is 0 Å². The summed E-state index contributed by atoms with van der Waals surface area (Å²) in [5, 5.41) is 13.7. The summed E-state index contributed by atoms with van der Waals surface area (Å²) < 4.78 is 5.42. The molecule has 2 atom stereocenters. The first kappa shape index (κ1) is 16.7. The van der Waals surface area contributed by atoms with Gasteiger partial charge in [-0.05, 0) is 30.7 Å². The van der Waals surface area contributed by atoms with Crippen molar-refractivity contribution in [2.45, 2.75) is 25.4 Å². The van der Waals surface area contributed by atoms with Crippen molar-refractivity contribution in [3.05, 3.63) is 34.9 Å². The van der Waals surface area contributed by atoms with Crippen LogP contribution in [0.5, 0.6) is 0 Å². The highest BCUT2D eigenvalue weighted by atomic mass is 35.5. The zero-order chi connectivity index (χ0) is 15.1. The second kappa shape index (κ2) is 8.71. The summed E-state index contributed by atoms with van der Waals surface area (Å²) in [7, 11) is 0. The number of nitrogens with one attached hydrogen (secondary N) is 1. The maximum atomic E-state index is 9.43. The molecule has 0 aromatic heterocycles. The van der Waals surface area contributed by atoms with Gasteiger partial charge in [0.1, 0.15) is 0 Å². The zero-order valence-electron chi connectivity index (χ0n) is 12.6. The molecule has 4 nitrogen and oxygen atoms in total. The lowest BCUT2D eigenvalue weighted by atomic mass is 10.0. The minimum atomic E-state index is 0.125. The number of hydrogen-bond acceptors (Lipinski definition) is 4. The molecule has 1 aliphatic heterocycles. The molecule has 1 heterocycles. The highest BCUT2D eigenvalue weighted by Gasteiger charge is 2.23. The van der Waals surface area contributed by atoms with Gasteiger partial charge in [0.15, 0.2) is 0 Å². The molecule has 21 heavy (non-hydrogen) atoms. The van der Waals surface area contributed by atoms with Gasteiger partial charge in [-0.2, -0.15) is 0 Å². The Bertz CT molecular complexity index is 430. The van der Waals surface area contributed by atoms with Gasteiger partial charge < -0.3 is 15.2 Å². The van der Waals surface area contributed by atoms with Crippen LogP contribution in [0.25, 0.3) is 0 Å². The van der Waals surface area contributed by atoms with Crippen molar-refractivity contribution in [2.24, 2.45) is 0 Å².